The molecule has 0 radical (unpaired) electrons. The molecule has 6 nitrogen and oxygen atoms in total. The summed E-state index contributed by atoms with van der Waals surface area (Å²) in [6.07, 6.45) is 3.71. The summed E-state index contributed by atoms with van der Waals surface area (Å²) in [4.78, 5) is 8.73. The summed E-state index contributed by atoms with van der Waals surface area (Å²) in [5.74, 6) is 0. The Bertz CT molecular complexity index is 1580. The number of fused-ring (bicyclic) bond motifs is 2. The standard InChI is InChI=1S/C14H13BN2O2.C14H11BrN2/c18-15(19)12-7-5-11(6-8-12)9-17-10-16-13-3-1-2-4-14(13)17;15-12-7-5-11(6-8-12)9-17-10-16-13-3-1-2-4-14(13)17/h1-8,10,18-19H,9H2;1-8,10H,9H2. The smallest absolute Gasteiger partial charge is 0.423 e. The molecule has 0 aliphatic carbocycles. The average molecular weight is 539 g/mol. The van der Waals surface area contributed by atoms with Gasteiger partial charge in [0, 0.05) is 17.6 Å². The van der Waals surface area contributed by atoms with Gasteiger partial charge in [-0.25, -0.2) is 9.97 Å². The topological polar surface area (TPSA) is 76.1 Å². The molecule has 8 heteroatoms. The molecule has 0 fully saturated rings. The van der Waals surface area contributed by atoms with Gasteiger partial charge in [0.15, 0.2) is 0 Å². The maximum absolute atomic E-state index is 9.05. The lowest BCUT2D eigenvalue weighted by atomic mass is 9.80. The van der Waals surface area contributed by atoms with E-state index in [1.54, 1.807) is 12.1 Å². The second-order valence-corrected chi connectivity index (χ2v) is 9.38. The third kappa shape index (κ3) is 5.57. The van der Waals surface area contributed by atoms with Crippen LogP contribution in [0.1, 0.15) is 11.1 Å². The number of aromatic nitrogens is 4. The van der Waals surface area contributed by atoms with Crippen LogP contribution in [0.4, 0.5) is 0 Å². The first-order valence-corrected chi connectivity index (χ1v) is 12.4. The van der Waals surface area contributed by atoms with Crippen molar-refractivity contribution < 1.29 is 10.0 Å². The molecule has 0 unspecified atom stereocenters. The lowest BCUT2D eigenvalue weighted by Gasteiger charge is -2.06. The summed E-state index contributed by atoms with van der Waals surface area (Å²) in [5, 5.41) is 18.1. The third-order valence-electron chi connectivity index (χ3n) is 5.95. The normalized spacial score (nSPS) is 10.9. The largest absolute Gasteiger partial charge is 0.488 e. The van der Waals surface area contributed by atoms with Gasteiger partial charge in [0.1, 0.15) is 0 Å². The molecule has 2 aromatic heterocycles. The fourth-order valence-electron chi connectivity index (χ4n) is 4.05. The van der Waals surface area contributed by atoms with Gasteiger partial charge in [-0.1, -0.05) is 76.6 Å². The van der Waals surface area contributed by atoms with E-state index in [1.165, 1.54) is 11.1 Å². The molecule has 0 saturated heterocycles. The number of para-hydroxylation sites is 4. The third-order valence-corrected chi connectivity index (χ3v) is 6.48. The number of nitrogens with zero attached hydrogens (tertiary/aromatic N) is 4. The van der Waals surface area contributed by atoms with Crippen LogP contribution in [0.3, 0.4) is 0 Å². The van der Waals surface area contributed by atoms with E-state index in [4.69, 9.17) is 10.0 Å². The molecule has 0 amide bonds. The SMILES string of the molecule is Brc1ccc(Cn2cnc3ccccc32)cc1.OB(O)c1ccc(Cn2cnc3ccccc32)cc1. The van der Waals surface area contributed by atoms with Gasteiger partial charge in [-0.15, -0.1) is 0 Å². The molecule has 178 valence electrons. The Morgan fingerprint density at radius 3 is 1.53 bits per heavy atom. The average Bonchev–Trinajstić information content (AvgIpc) is 3.50. The lowest BCUT2D eigenvalue weighted by Crippen LogP contribution is -2.29. The van der Waals surface area contributed by atoms with Gasteiger partial charge in [0.05, 0.1) is 34.7 Å². The molecular weight excluding hydrogens is 515 g/mol. The van der Waals surface area contributed by atoms with Crippen molar-refractivity contribution >= 4 is 50.6 Å². The second-order valence-electron chi connectivity index (χ2n) is 8.46. The van der Waals surface area contributed by atoms with Crippen LogP contribution in [-0.2, 0) is 13.1 Å². The van der Waals surface area contributed by atoms with Crippen LogP contribution < -0.4 is 5.46 Å². The summed E-state index contributed by atoms with van der Waals surface area (Å²) >= 11 is 3.44. The number of benzene rings is 4. The number of hydrogen-bond acceptors (Lipinski definition) is 4. The molecule has 0 spiro atoms. The fraction of sp³-hybridized carbons (Fsp3) is 0.0714. The predicted octanol–water partition coefficient (Wildman–Crippen LogP) is 4.61. The summed E-state index contributed by atoms with van der Waals surface area (Å²) < 4.78 is 5.34. The van der Waals surface area contributed by atoms with Crippen molar-refractivity contribution in [1.82, 2.24) is 19.1 Å². The summed E-state index contributed by atoms with van der Waals surface area (Å²) in [7, 11) is -1.41. The summed E-state index contributed by atoms with van der Waals surface area (Å²) in [5.41, 5.74) is 7.15. The van der Waals surface area contributed by atoms with Crippen LogP contribution >= 0.6 is 15.9 Å². The molecular formula is C28H24BBrN4O2. The monoisotopic (exact) mass is 538 g/mol. The highest BCUT2D eigenvalue weighted by Gasteiger charge is 2.10. The van der Waals surface area contributed by atoms with Crippen LogP contribution in [-0.4, -0.2) is 36.3 Å². The number of hydrogen-bond donors (Lipinski definition) is 2. The molecule has 0 aliphatic rings. The van der Waals surface area contributed by atoms with Crippen molar-refractivity contribution in [2.75, 3.05) is 0 Å². The zero-order valence-corrected chi connectivity index (χ0v) is 21.0. The molecule has 0 atom stereocenters. The molecule has 2 heterocycles. The molecule has 0 aliphatic heterocycles. The molecule has 0 saturated carbocycles. The van der Waals surface area contributed by atoms with Gasteiger partial charge in [-0.05, 0) is 53.0 Å². The van der Waals surface area contributed by atoms with Crippen molar-refractivity contribution in [2.24, 2.45) is 0 Å². The quantitative estimate of drug-likeness (QED) is 0.314. The Hall–Kier alpha value is -3.72. The highest BCUT2D eigenvalue weighted by molar-refractivity contribution is 9.10. The summed E-state index contributed by atoms with van der Waals surface area (Å²) in [6, 6.07) is 31.8. The minimum atomic E-state index is -1.41. The number of rotatable bonds is 5. The van der Waals surface area contributed by atoms with Crippen LogP contribution in [0.2, 0.25) is 0 Å². The molecule has 0 bridgehead atoms. The molecule has 6 rings (SSSR count). The second kappa shape index (κ2) is 10.9. The van der Waals surface area contributed by atoms with Gasteiger partial charge in [0.25, 0.3) is 0 Å². The minimum Gasteiger partial charge on any atom is -0.423 e. The van der Waals surface area contributed by atoms with Gasteiger partial charge in [-0.3, -0.25) is 0 Å². The molecule has 4 aromatic carbocycles. The van der Waals surface area contributed by atoms with Crippen LogP contribution in [0.15, 0.2) is 114 Å². The Balaban J connectivity index is 0.000000149. The van der Waals surface area contributed by atoms with Crippen LogP contribution in [0.25, 0.3) is 22.1 Å². The highest BCUT2D eigenvalue weighted by atomic mass is 79.9. The molecule has 36 heavy (non-hydrogen) atoms. The van der Waals surface area contributed by atoms with Crippen molar-refractivity contribution in [3.05, 3.63) is 125 Å². The molecule has 2 N–H and O–H groups in total. The first-order chi connectivity index (χ1) is 17.6. The van der Waals surface area contributed by atoms with Crippen molar-refractivity contribution in [2.45, 2.75) is 13.1 Å². The van der Waals surface area contributed by atoms with E-state index < -0.39 is 7.12 Å². The van der Waals surface area contributed by atoms with E-state index in [-0.39, 0.29) is 0 Å². The van der Waals surface area contributed by atoms with E-state index in [0.29, 0.717) is 12.0 Å². The van der Waals surface area contributed by atoms with Crippen LogP contribution in [0, 0.1) is 0 Å². The first-order valence-electron chi connectivity index (χ1n) is 11.6. The number of halogens is 1. The van der Waals surface area contributed by atoms with Crippen LogP contribution in [0.5, 0.6) is 0 Å². The Morgan fingerprint density at radius 1 is 0.611 bits per heavy atom. The van der Waals surface area contributed by atoms with E-state index in [2.05, 4.69) is 65.4 Å². The van der Waals surface area contributed by atoms with E-state index in [1.807, 2.05) is 67.3 Å². The van der Waals surface area contributed by atoms with Gasteiger partial charge in [-0.2, -0.15) is 0 Å². The van der Waals surface area contributed by atoms with Gasteiger partial charge < -0.3 is 19.2 Å². The maximum Gasteiger partial charge on any atom is 0.488 e. The van der Waals surface area contributed by atoms with E-state index in [0.717, 1.165) is 33.1 Å². The van der Waals surface area contributed by atoms with Crippen molar-refractivity contribution in [1.29, 1.82) is 0 Å². The first kappa shape index (κ1) is 24.0. The maximum atomic E-state index is 9.05. The van der Waals surface area contributed by atoms with Crippen molar-refractivity contribution in [3.8, 4) is 0 Å². The molecule has 6 aromatic rings. The van der Waals surface area contributed by atoms with Crippen molar-refractivity contribution in [3.63, 3.8) is 0 Å². The lowest BCUT2D eigenvalue weighted by molar-refractivity contribution is 0.426. The summed E-state index contributed by atoms with van der Waals surface area (Å²) in [6.45, 7) is 1.57. The minimum absolute atomic E-state index is 0.499. The van der Waals surface area contributed by atoms with E-state index in [9.17, 15) is 0 Å². The van der Waals surface area contributed by atoms with Gasteiger partial charge in [0.2, 0.25) is 0 Å². The van der Waals surface area contributed by atoms with E-state index >= 15 is 0 Å². The zero-order chi connectivity index (χ0) is 24.9. The Kier molecular flexibility index (Phi) is 7.27. The predicted molar refractivity (Wildman–Crippen MR) is 148 cm³/mol. The zero-order valence-electron chi connectivity index (χ0n) is 19.4. The Morgan fingerprint density at radius 2 is 1.06 bits per heavy atom. The number of imidazole rings is 2. The Labute approximate surface area is 217 Å². The fourth-order valence-corrected chi connectivity index (χ4v) is 4.32. The van der Waals surface area contributed by atoms with Gasteiger partial charge >= 0.3 is 7.12 Å². The highest BCUT2D eigenvalue weighted by Crippen LogP contribution is 2.16.